The van der Waals surface area contributed by atoms with Gasteiger partial charge in [0, 0.05) is 12.5 Å². The second-order valence-electron chi connectivity index (χ2n) is 8.12. The van der Waals surface area contributed by atoms with Crippen molar-refractivity contribution in [3.8, 4) is 11.5 Å². The molecule has 0 radical (unpaired) electrons. The van der Waals surface area contributed by atoms with Gasteiger partial charge in [0.15, 0.2) is 11.5 Å². The van der Waals surface area contributed by atoms with Gasteiger partial charge < -0.3 is 14.8 Å². The first-order chi connectivity index (χ1) is 14.5. The largest absolute Gasteiger partial charge is 0.493 e. The number of hydrogen-bond donors (Lipinski definition) is 1. The van der Waals surface area contributed by atoms with E-state index in [1.165, 1.54) is 11.1 Å². The number of ether oxygens (including phenoxy) is 2. The van der Waals surface area contributed by atoms with Gasteiger partial charge in [-0.25, -0.2) is 0 Å². The van der Waals surface area contributed by atoms with Crippen LogP contribution in [0.1, 0.15) is 48.9 Å². The average molecular weight is 411 g/mol. The Morgan fingerprint density at radius 1 is 1.10 bits per heavy atom. The number of benzene rings is 2. The van der Waals surface area contributed by atoms with Gasteiger partial charge in [0.25, 0.3) is 0 Å². The van der Waals surface area contributed by atoms with Crippen molar-refractivity contribution < 1.29 is 14.3 Å². The Hall–Kier alpha value is -2.53. The van der Waals surface area contributed by atoms with Crippen molar-refractivity contribution in [1.82, 2.24) is 10.2 Å². The SMILES string of the molecule is CC[C@H](NC(=O)C1CCN(Cc2cccc(C)c2)CC1)c1ccc(OC)c(OC)c1. The maximum absolute atomic E-state index is 12.9. The Bertz CT molecular complexity index is 844. The normalized spacial score (nSPS) is 16.1. The molecule has 0 aliphatic carbocycles. The monoisotopic (exact) mass is 410 g/mol. The number of carbonyl (C=O) groups excluding carboxylic acids is 1. The molecule has 1 heterocycles. The van der Waals surface area contributed by atoms with Crippen molar-refractivity contribution in [2.24, 2.45) is 5.92 Å². The molecule has 2 aromatic carbocycles. The predicted octanol–water partition coefficient (Wildman–Crippen LogP) is 4.49. The zero-order chi connectivity index (χ0) is 21.5. The third-order valence-corrected chi connectivity index (χ3v) is 5.98. The fourth-order valence-electron chi connectivity index (χ4n) is 4.20. The lowest BCUT2D eigenvalue weighted by atomic mass is 9.94. The summed E-state index contributed by atoms with van der Waals surface area (Å²) in [5.74, 6) is 1.62. The minimum absolute atomic E-state index is 0.0253. The van der Waals surface area contributed by atoms with E-state index in [1.54, 1.807) is 14.2 Å². The van der Waals surface area contributed by atoms with E-state index in [9.17, 15) is 4.79 Å². The summed E-state index contributed by atoms with van der Waals surface area (Å²) in [6.45, 7) is 7.09. The summed E-state index contributed by atoms with van der Waals surface area (Å²) in [5, 5.41) is 3.26. The van der Waals surface area contributed by atoms with Crippen LogP contribution >= 0.6 is 0 Å². The molecule has 1 fully saturated rings. The molecule has 0 unspecified atom stereocenters. The number of likely N-dealkylation sites (tertiary alicyclic amines) is 1. The number of nitrogens with one attached hydrogen (secondary N) is 1. The van der Waals surface area contributed by atoms with Crippen molar-refractivity contribution >= 4 is 5.91 Å². The molecule has 0 bridgehead atoms. The summed E-state index contributed by atoms with van der Waals surface area (Å²) in [6, 6.07) is 14.5. The molecule has 3 rings (SSSR count). The number of nitrogens with zero attached hydrogens (tertiary/aromatic N) is 1. The molecule has 0 aromatic heterocycles. The molecule has 162 valence electrons. The van der Waals surface area contributed by atoms with Gasteiger partial charge in [-0.1, -0.05) is 42.8 Å². The lowest BCUT2D eigenvalue weighted by Crippen LogP contribution is -2.41. The summed E-state index contributed by atoms with van der Waals surface area (Å²) in [4.78, 5) is 15.4. The van der Waals surface area contributed by atoms with Crippen LogP contribution in [0.5, 0.6) is 11.5 Å². The van der Waals surface area contributed by atoms with Crippen LogP contribution in [0.25, 0.3) is 0 Å². The predicted molar refractivity (Wildman–Crippen MR) is 120 cm³/mol. The molecule has 1 saturated heterocycles. The number of carbonyl (C=O) groups is 1. The number of amides is 1. The lowest BCUT2D eigenvalue weighted by Gasteiger charge is -2.32. The van der Waals surface area contributed by atoms with Crippen LogP contribution in [-0.4, -0.2) is 38.1 Å². The van der Waals surface area contributed by atoms with E-state index in [0.29, 0.717) is 11.5 Å². The molecule has 0 spiro atoms. The Morgan fingerprint density at radius 2 is 1.83 bits per heavy atom. The molecule has 1 aliphatic heterocycles. The van der Waals surface area contributed by atoms with Gasteiger partial charge in [0.05, 0.1) is 20.3 Å². The standard InChI is InChI=1S/C25H34N2O3/c1-5-22(21-9-10-23(29-3)24(16-21)30-4)26-25(28)20-11-13-27(14-12-20)17-19-8-6-7-18(2)15-19/h6-10,15-16,20,22H,5,11-14,17H2,1-4H3,(H,26,28)/t22-/m0/s1. The van der Waals surface area contributed by atoms with Gasteiger partial charge in [-0.15, -0.1) is 0 Å². The minimum Gasteiger partial charge on any atom is -0.493 e. The van der Waals surface area contributed by atoms with E-state index >= 15 is 0 Å². The number of methoxy groups -OCH3 is 2. The smallest absolute Gasteiger partial charge is 0.223 e. The summed E-state index contributed by atoms with van der Waals surface area (Å²) < 4.78 is 10.7. The highest BCUT2D eigenvalue weighted by Crippen LogP contribution is 2.31. The molecule has 1 aliphatic rings. The van der Waals surface area contributed by atoms with Gasteiger partial charge in [-0.2, -0.15) is 0 Å². The molecular weight excluding hydrogens is 376 g/mol. The van der Waals surface area contributed by atoms with Gasteiger partial charge in [0.2, 0.25) is 5.91 Å². The van der Waals surface area contributed by atoms with Crippen LogP contribution in [0.15, 0.2) is 42.5 Å². The topological polar surface area (TPSA) is 50.8 Å². The molecule has 30 heavy (non-hydrogen) atoms. The molecule has 5 nitrogen and oxygen atoms in total. The molecular formula is C25H34N2O3. The number of hydrogen-bond acceptors (Lipinski definition) is 4. The van der Waals surface area contributed by atoms with Crippen LogP contribution in [-0.2, 0) is 11.3 Å². The third-order valence-electron chi connectivity index (χ3n) is 5.98. The highest BCUT2D eigenvalue weighted by Gasteiger charge is 2.27. The Morgan fingerprint density at radius 3 is 2.47 bits per heavy atom. The average Bonchev–Trinajstić information content (AvgIpc) is 2.77. The van der Waals surface area contributed by atoms with Gasteiger partial charge in [0.1, 0.15) is 0 Å². The van der Waals surface area contributed by atoms with E-state index in [-0.39, 0.29) is 17.9 Å². The summed E-state index contributed by atoms with van der Waals surface area (Å²) in [5.41, 5.74) is 3.68. The molecule has 1 amide bonds. The van der Waals surface area contributed by atoms with Crippen LogP contribution in [0, 0.1) is 12.8 Å². The highest BCUT2D eigenvalue weighted by molar-refractivity contribution is 5.79. The number of aryl methyl sites for hydroxylation is 1. The second-order valence-corrected chi connectivity index (χ2v) is 8.12. The van der Waals surface area contributed by atoms with E-state index in [4.69, 9.17) is 9.47 Å². The Balaban J connectivity index is 1.55. The summed E-state index contributed by atoms with van der Waals surface area (Å²) >= 11 is 0. The van der Waals surface area contributed by atoms with Crippen LogP contribution in [0.2, 0.25) is 0 Å². The van der Waals surface area contributed by atoms with Crippen LogP contribution < -0.4 is 14.8 Å². The third kappa shape index (κ3) is 5.54. The summed E-state index contributed by atoms with van der Waals surface area (Å²) in [7, 11) is 3.26. The van der Waals surface area contributed by atoms with Crippen LogP contribution in [0.3, 0.4) is 0 Å². The van der Waals surface area contributed by atoms with Gasteiger partial charge in [-0.3, -0.25) is 9.69 Å². The quantitative estimate of drug-likeness (QED) is 0.697. The van der Waals surface area contributed by atoms with Crippen LogP contribution in [0.4, 0.5) is 0 Å². The van der Waals surface area contributed by atoms with Gasteiger partial charge >= 0.3 is 0 Å². The van der Waals surface area contributed by atoms with E-state index in [0.717, 1.165) is 44.5 Å². The second kappa shape index (κ2) is 10.5. The minimum atomic E-state index is -0.0253. The fourth-order valence-corrected chi connectivity index (χ4v) is 4.20. The zero-order valence-electron chi connectivity index (χ0n) is 18.6. The number of piperidine rings is 1. The Kier molecular flexibility index (Phi) is 7.75. The molecule has 5 heteroatoms. The first kappa shape index (κ1) is 22.2. The van der Waals surface area contributed by atoms with Gasteiger partial charge in [-0.05, 0) is 62.5 Å². The van der Waals surface area contributed by atoms with Crippen molar-refractivity contribution in [2.75, 3.05) is 27.3 Å². The highest BCUT2D eigenvalue weighted by atomic mass is 16.5. The first-order valence-electron chi connectivity index (χ1n) is 10.8. The molecule has 0 saturated carbocycles. The van der Waals surface area contributed by atoms with Crippen molar-refractivity contribution in [2.45, 2.75) is 45.7 Å². The molecule has 1 N–H and O–H groups in total. The van der Waals surface area contributed by atoms with Crippen molar-refractivity contribution in [1.29, 1.82) is 0 Å². The summed E-state index contributed by atoms with van der Waals surface area (Å²) in [6.07, 6.45) is 2.63. The van der Waals surface area contributed by atoms with E-state index < -0.39 is 0 Å². The number of rotatable bonds is 8. The maximum Gasteiger partial charge on any atom is 0.223 e. The zero-order valence-corrected chi connectivity index (χ0v) is 18.6. The van der Waals surface area contributed by atoms with E-state index in [1.807, 2.05) is 18.2 Å². The fraction of sp³-hybridized carbons (Fsp3) is 0.480. The van der Waals surface area contributed by atoms with E-state index in [2.05, 4.69) is 48.3 Å². The maximum atomic E-state index is 12.9. The lowest BCUT2D eigenvalue weighted by molar-refractivity contribution is -0.127. The first-order valence-corrected chi connectivity index (χ1v) is 10.8. The molecule has 1 atom stereocenters. The van der Waals surface area contributed by atoms with Crippen molar-refractivity contribution in [3.05, 3.63) is 59.2 Å². The van der Waals surface area contributed by atoms with Crippen molar-refractivity contribution in [3.63, 3.8) is 0 Å². The Labute approximate surface area is 180 Å². The molecule has 2 aromatic rings.